The predicted molar refractivity (Wildman–Crippen MR) is 132 cm³/mol. The minimum absolute atomic E-state index is 0.0259. The Morgan fingerprint density at radius 3 is 2.28 bits per heavy atom. The summed E-state index contributed by atoms with van der Waals surface area (Å²) in [6.45, 7) is 11.4. The van der Waals surface area contributed by atoms with Crippen LogP contribution in [0.3, 0.4) is 0 Å². The van der Waals surface area contributed by atoms with E-state index in [4.69, 9.17) is 28.4 Å². The van der Waals surface area contributed by atoms with Crippen LogP contribution in [0.15, 0.2) is 11.6 Å². The van der Waals surface area contributed by atoms with Gasteiger partial charge in [0.25, 0.3) is 0 Å². The fraction of sp³-hybridized carbons (Fsp3) is 0.786. The Hall–Kier alpha value is -2.50. The first-order valence-electron chi connectivity index (χ1n) is 13.6. The second-order valence-electron chi connectivity index (χ2n) is 12.1. The van der Waals surface area contributed by atoms with E-state index in [9.17, 15) is 24.3 Å². The van der Waals surface area contributed by atoms with Gasteiger partial charge in [-0.15, -0.1) is 0 Å². The van der Waals surface area contributed by atoms with E-state index in [2.05, 4.69) is 0 Å². The molecule has 216 valence electrons. The van der Waals surface area contributed by atoms with Gasteiger partial charge in [0.05, 0.1) is 23.2 Å². The van der Waals surface area contributed by atoms with Crippen molar-refractivity contribution in [1.82, 2.24) is 0 Å². The number of hydrogen-bond donors (Lipinski definition) is 1. The second kappa shape index (κ2) is 9.01. The summed E-state index contributed by atoms with van der Waals surface area (Å²) in [6, 6.07) is 0. The molecule has 11 nitrogen and oxygen atoms in total. The molecule has 39 heavy (non-hydrogen) atoms. The van der Waals surface area contributed by atoms with Gasteiger partial charge in [0, 0.05) is 39.0 Å². The minimum Gasteiger partial charge on any atom is -0.462 e. The van der Waals surface area contributed by atoms with Gasteiger partial charge >= 0.3 is 23.9 Å². The highest BCUT2D eigenvalue weighted by molar-refractivity contribution is 5.89. The SMILES string of the molecule is CCCC(=O)O[C@H]1C[C@@H](O)/C(C)=C\[C@@H]2OC(=O)[C@]3(C)O[C@@]23C(OC(C)=O)[C@H]2[C@@]3(C)O[C@H]3C[C@H](OC(C)=O)[C@]12C. The Morgan fingerprint density at radius 2 is 1.69 bits per heavy atom. The van der Waals surface area contributed by atoms with Gasteiger partial charge in [-0.05, 0) is 38.8 Å². The monoisotopic (exact) mass is 550 g/mol. The fourth-order valence-corrected chi connectivity index (χ4v) is 7.48. The molecule has 3 saturated heterocycles. The zero-order chi connectivity index (χ0) is 28.7. The molecule has 0 aromatic carbocycles. The molecule has 5 rings (SSSR count). The van der Waals surface area contributed by atoms with Crippen LogP contribution in [0.1, 0.15) is 74.1 Å². The lowest BCUT2D eigenvalue weighted by atomic mass is 9.53. The molecule has 0 amide bonds. The molecule has 0 radical (unpaired) electrons. The molecule has 3 aliphatic heterocycles. The third kappa shape index (κ3) is 3.94. The molecule has 3 heterocycles. The number of carbonyl (C=O) groups excluding carboxylic acids is 4. The molecule has 1 unspecified atom stereocenters. The van der Waals surface area contributed by atoms with Gasteiger partial charge in [0.2, 0.25) is 0 Å². The number of esters is 4. The molecular weight excluding hydrogens is 512 g/mol. The Balaban J connectivity index is 1.76. The Labute approximate surface area is 227 Å². The third-order valence-corrected chi connectivity index (χ3v) is 9.64. The number of aliphatic hydroxyl groups is 1. The van der Waals surface area contributed by atoms with Crippen LogP contribution in [0.2, 0.25) is 0 Å². The lowest BCUT2D eigenvalue weighted by Gasteiger charge is -2.54. The number of epoxide rings is 2. The maximum Gasteiger partial charge on any atom is 0.342 e. The van der Waals surface area contributed by atoms with Crippen LogP contribution in [0.4, 0.5) is 0 Å². The van der Waals surface area contributed by atoms with Gasteiger partial charge in [-0.3, -0.25) is 14.4 Å². The zero-order valence-electron chi connectivity index (χ0n) is 23.5. The Morgan fingerprint density at radius 1 is 1.05 bits per heavy atom. The van der Waals surface area contributed by atoms with E-state index < -0.39 is 82.5 Å². The van der Waals surface area contributed by atoms with Crippen molar-refractivity contribution in [3.8, 4) is 0 Å². The number of carbonyl (C=O) groups is 4. The Bertz CT molecular complexity index is 1130. The summed E-state index contributed by atoms with van der Waals surface area (Å²) in [5, 5.41) is 11.3. The molecule has 2 aliphatic carbocycles. The van der Waals surface area contributed by atoms with Crippen LogP contribution in [0.25, 0.3) is 0 Å². The van der Waals surface area contributed by atoms with Gasteiger partial charge < -0.3 is 33.5 Å². The number of fused-ring (bicyclic) bond motifs is 3. The van der Waals surface area contributed by atoms with Crippen molar-refractivity contribution in [2.75, 3.05) is 0 Å². The van der Waals surface area contributed by atoms with Crippen LogP contribution in [0, 0.1) is 11.3 Å². The van der Waals surface area contributed by atoms with Crippen molar-refractivity contribution < 1.29 is 52.7 Å². The van der Waals surface area contributed by atoms with Crippen LogP contribution < -0.4 is 0 Å². The van der Waals surface area contributed by atoms with E-state index in [1.807, 2.05) is 20.8 Å². The molecule has 1 saturated carbocycles. The van der Waals surface area contributed by atoms with Gasteiger partial charge in [0.15, 0.2) is 17.3 Å². The first-order chi connectivity index (χ1) is 18.1. The molecule has 11 atom stereocenters. The summed E-state index contributed by atoms with van der Waals surface area (Å²) >= 11 is 0. The van der Waals surface area contributed by atoms with E-state index in [0.29, 0.717) is 18.4 Å². The van der Waals surface area contributed by atoms with E-state index in [1.165, 1.54) is 13.8 Å². The largest absolute Gasteiger partial charge is 0.462 e. The minimum atomic E-state index is -1.43. The lowest BCUT2D eigenvalue weighted by molar-refractivity contribution is -0.215. The number of hydrogen-bond acceptors (Lipinski definition) is 11. The van der Waals surface area contributed by atoms with Crippen molar-refractivity contribution >= 4 is 23.9 Å². The van der Waals surface area contributed by atoms with E-state index in [0.717, 1.165) is 0 Å². The molecule has 5 aliphatic rings. The van der Waals surface area contributed by atoms with Gasteiger partial charge in [-0.25, -0.2) is 4.79 Å². The summed E-state index contributed by atoms with van der Waals surface area (Å²) in [4.78, 5) is 51.0. The molecule has 0 bridgehead atoms. The maximum atomic E-state index is 13.1. The average molecular weight is 551 g/mol. The summed E-state index contributed by atoms with van der Waals surface area (Å²) in [5.74, 6) is -3.01. The van der Waals surface area contributed by atoms with Gasteiger partial charge in [0.1, 0.15) is 18.3 Å². The summed E-state index contributed by atoms with van der Waals surface area (Å²) in [5.41, 5.74) is -4.52. The number of rotatable bonds is 5. The topological polar surface area (TPSA) is 150 Å². The highest BCUT2D eigenvalue weighted by Crippen LogP contribution is 2.69. The average Bonchev–Trinajstić information content (AvgIpc) is 3.66. The smallest absolute Gasteiger partial charge is 0.342 e. The fourth-order valence-electron chi connectivity index (χ4n) is 7.48. The molecular formula is C28H38O11. The van der Waals surface area contributed by atoms with Gasteiger partial charge in [-0.1, -0.05) is 13.8 Å². The van der Waals surface area contributed by atoms with Gasteiger partial charge in [-0.2, -0.15) is 0 Å². The molecule has 1 N–H and O–H groups in total. The summed E-state index contributed by atoms with van der Waals surface area (Å²) < 4.78 is 36.2. The Kier molecular flexibility index (Phi) is 6.48. The molecule has 0 aromatic heterocycles. The van der Waals surface area contributed by atoms with Crippen molar-refractivity contribution in [1.29, 1.82) is 0 Å². The van der Waals surface area contributed by atoms with E-state index in [-0.39, 0.29) is 18.9 Å². The van der Waals surface area contributed by atoms with Crippen LogP contribution in [0.5, 0.6) is 0 Å². The molecule has 4 fully saturated rings. The van der Waals surface area contributed by atoms with Crippen molar-refractivity contribution in [3.05, 3.63) is 11.6 Å². The highest BCUT2D eigenvalue weighted by atomic mass is 16.7. The number of aliphatic hydroxyl groups excluding tert-OH is 1. The van der Waals surface area contributed by atoms with Crippen LogP contribution >= 0.6 is 0 Å². The summed E-state index contributed by atoms with van der Waals surface area (Å²) in [7, 11) is 0. The van der Waals surface area contributed by atoms with Crippen molar-refractivity contribution in [2.24, 2.45) is 11.3 Å². The second-order valence-corrected chi connectivity index (χ2v) is 12.1. The predicted octanol–water partition coefficient (Wildman–Crippen LogP) is 1.91. The zero-order valence-corrected chi connectivity index (χ0v) is 23.5. The third-order valence-electron chi connectivity index (χ3n) is 9.64. The standard InChI is InChI=1S/C28H38O11/c1-8-9-21(32)36-17-11-16(31)13(2)10-20-28(27(7,39-28)24(33)37-20)23(35-15(4)30)22-25(17,5)18(34-14(3)29)12-19-26(22,6)38-19/h10,16-20,22-23,31H,8-9,11-12H2,1-7H3/b13-10-/t16-,17+,18+,19+,20+,22-,23?,25+,26+,27+,28-/m1/s1. The van der Waals surface area contributed by atoms with E-state index >= 15 is 0 Å². The lowest BCUT2D eigenvalue weighted by Crippen LogP contribution is -2.66. The molecule has 11 heteroatoms. The molecule has 1 spiro atoms. The first-order valence-corrected chi connectivity index (χ1v) is 13.6. The first kappa shape index (κ1) is 28.0. The maximum absolute atomic E-state index is 13.1. The molecule has 0 aromatic rings. The van der Waals surface area contributed by atoms with E-state index in [1.54, 1.807) is 19.9 Å². The summed E-state index contributed by atoms with van der Waals surface area (Å²) in [6.07, 6.45) is -2.71. The normalized spacial score (nSPS) is 49.0. The van der Waals surface area contributed by atoms with Crippen molar-refractivity contribution in [3.63, 3.8) is 0 Å². The van der Waals surface area contributed by atoms with Crippen LogP contribution in [-0.4, -0.2) is 82.4 Å². The number of ether oxygens (including phenoxy) is 6. The highest BCUT2D eigenvalue weighted by Gasteiger charge is 2.89. The quantitative estimate of drug-likeness (QED) is 0.231. The van der Waals surface area contributed by atoms with Crippen LogP contribution in [-0.2, 0) is 47.6 Å². The van der Waals surface area contributed by atoms with Crippen molar-refractivity contribution in [2.45, 2.75) is 128 Å².